The van der Waals surface area contributed by atoms with Crippen LogP contribution >= 0.6 is 0 Å². The fourth-order valence-electron chi connectivity index (χ4n) is 2.04. The van der Waals surface area contributed by atoms with Gasteiger partial charge in [-0.05, 0) is 36.2 Å². The highest BCUT2D eigenvalue weighted by atomic mass is 19.1. The van der Waals surface area contributed by atoms with Crippen molar-refractivity contribution in [2.24, 2.45) is 5.73 Å². The van der Waals surface area contributed by atoms with Crippen LogP contribution < -0.4 is 10.5 Å². The molecule has 0 aromatic heterocycles. The molecule has 0 aliphatic rings. The minimum Gasteiger partial charge on any atom is -0.496 e. The molecule has 0 heterocycles. The number of rotatable bonds is 3. The van der Waals surface area contributed by atoms with E-state index in [1.54, 1.807) is 13.2 Å². The molecule has 2 rings (SSSR count). The van der Waals surface area contributed by atoms with Gasteiger partial charge in [0.15, 0.2) is 0 Å². The van der Waals surface area contributed by atoms with E-state index in [9.17, 15) is 4.39 Å². The first-order chi connectivity index (χ1) is 8.63. The zero-order valence-corrected chi connectivity index (χ0v) is 10.5. The lowest BCUT2D eigenvalue weighted by atomic mass is 9.95. The smallest absolute Gasteiger partial charge is 0.123 e. The molecule has 2 aromatic rings. The van der Waals surface area contributed by atoms with Crippen LogP contribution in [-0.4, -0.2) is 7.11 Å². The second-order valence-electron chi connectivity index (χ2n) is 4.22. The Kier molecular flexibility index (Phi) is 3.63. The lowest BCUT2D eigenvalue weighted by Gasteiger charge is -2.18. The first kappa shape index (κ1) is 12.6. The third-order valence-electron chi connectivity index (χ3n) is 3.05. The molecule has 0 aliphatic carbocycles. The van der Waals surface area contributed by atoms with Gasteiger partial charge >= 0.3 is 0 Å². The van der Waals surface area contributed by atoms with Gasteiger partial charge in [-0.25, -0.2) is 4.39 Å². The quantitative estimate of drug-likeness (QED) is 0.901. The van der Waals surface area contributed by atoms with Crippen LogP contribution in [0.1, 0.15) is 22.7 Å². The van der Waals surface area contributed by atoms with Crippen molar-refractivity contribution >= 4 is 0 Å². The number of methoxy groups -OCH3 is 1. The van der Waals surface area contributed by atoms with Gasteiger partial charge in [0.05, 0.1) is 13.2 Å². The maximum absolute atomic E-state index is 13.3. The van der Waals surface area contributed by atoms with Gasteiger partial charge in [0, 0.05) is 5.56 Å². The summed E-state index contributed by atoms with van der Waals surface area (Å²) in [5, 5.41) is 0. The zero-order valence-electron chi connectivity index (χ0n) is 10.5. The van der Waals surface area contributed by atoms with Crippen molar-refractivity contribution in [1.82, 2.24) is 0 Å². The predicted octanol–water partition coefficient (Wildman–Crippen LogP) is 3.19. The normalized spacial score (nSPS) is 12.2. The van der Waals surface area contributed by atoms with Crippen LogP contribution in [0.5, 0.6) is 5.75 Å². The van der Waals surface area contributed by atoms with Crippen molar-refractivity contribution in [1.29, 1.82) is 0 Å². The monoisotopic (exact) mass is 245 g/mol. The summed E-state index contributed by atoms with van der Waals surface area (Å²) in [7, 11) is 1.60. The van der Waals surface area contributed by atoms with Gasteiger partial charge in [0.2, 0.25) is 0 Å². The summed E-state index contributed by atoms with van der Waals surface area (Å²) in [6, 6.07) is 11.8. The Morgan fingerprint density at radius 1 is 1.11 bits per heavy atom. The van der Waals surface area contributed by atoms with Crippen molar-refractivity contribution in [3.8, 4) is 5.75 Å². The van der Waals surface area contributed by atoms with Gasteiger partial charge in [0.1, 0.15) is 11.6 Å². The Morgan fingerprint density at radius 3 is 2.56 bits per heavy atom. The van der Waals surface area contributed by atoms with Crippen LogP contribution in [0.3, 0.4) is 0 Å². The lowest BCUT2D eigenvalue weighted by molar-refractivity contribution is 0.408. The summed E-state index contributed by atoms with van der Waals surface area (Å²) in [5.74, 6) is 0.439. The summed E-state index contributed by atoms with van der Waals surface area (Å²) in [6.45, 7) is 1.92. The SMILES string of the molecule is COc1ccccc1C(N)c1cc(F)ccc1C. The Labute approximate surface area is 106 Å². The lowest BCUT2D eigenvalue weighted by Crippen LogP contribution is -2.14. The summed E-state index contributed by atoms with van der Waals surface area (Å²) in [4.78, 5) is 0. The van der Waals surface area contributed by atoms with E-state index >= 15 is 0 Å². The van der Waals surface area contributed by atoms with Crippen LogP contribution in [0, 0.1) is 12.7 Å². The number of hydrogen-bond acceptors (Lipinski definition) is 2. The van der Waals surface area contributed by atoms with Crippen molar-refractivity contribution in [3.05, 3.63) is 65.0 Å². The van der Waals surface area contributed by atoms with E-state index < -0.39 is 6.04 Å². The van der Waals surface area contributed by atoms with E-state index in [1.807, 2.05) is 31.2 Å². The molecule has 0 saturated heterocycles. The highest BCUT2D eigenvalue weighted by molar-refractivity contribution is 5.43. The fraction of sp³-hybridized carbons (Fsp3) is 0.200. The van der Waals surface area contributed by atoms with Gasteiger partial charge in [-0.1, -0.05) is 24.3 Å². The molecule has 0 radical (unpaired) electrons. The number of nitrogens with two attached hydrogens (primary N) is 1. The van der Waals surface area contributed by atoms with Crippen molar-refractivity contribution in [2.75, 3.05) is 7.11 Å². The molecule has 0 spiro atoms. The number of aryl methyl sites for hydroxylation is 1. The topological polar surface area (TPSA) is 35.2 Å². The summed E-state index contributed by atoms with van der Waals surface area (Å²) < 4.78 is 18.6. The third-order valence-corrected chi connectivity index (χ3v) is 3.05. The number of halogens is 1. The predicted molar refractivity (Wildman–Crippen MR) is 70.2 cm³/mol. The molecule has 0 aliphatic heterocycles. The standard InChI is InChI=1S/C15H16FNO/c1-10-7-8-11(16)9-13(10)15(17)12-5-3-4-6-14(12)18-2/h3-9,15H,17H2,1-2H3. The highest BCUT2D eigenvalue weighted by Gasteiger charge is 2.15. The zero-order chi connectivity index (χ0) is 13.1. The number of para-hydroxylation sites is 1. The van der Waals surface area contributed by atoms with E-state index in [2.05, 4.69) is 0 Å². The largest absolute Gasteiger partial charge is 0.496 e. The Balaban J connectivity index is 2.47. The van der Waals surface area contributed by atoms with Crippen LogP contribution in [0.2, 0.25) is 0 Å². The molecule has 2 N–H and O–H groups in total. The van der Waals surface area contributed by atoms with Crippen molar-refractivity contribution < 1.29 is 9.13 Å². The van der Waals surface area contributed by atoms with Gasteiger partial charge in [0.25, 0.3) is 0 Å². The van der Waals surface area contributed by atoms with Gasteiger partial charge < -0.3 is 10.5 Å². The molecule has 2 aromatic carbocycles. The molecule has 0 amide bonds. The van der Waals surface area contributed by atoms with Gasteiger partial charge in [-0.3, -0.25) is 0 Å². The Morgan fingerprint density at radius 2 is 1.83 bits per heavy atom. The first-order valence-electron chi connectivity index (χ1n) is 5.78. The molecule has 18 heavy (non-hydrogen) atoms. The number of ether oxygens (including phenoxy) is 1. The number of hydrogen-bond donors (Lipinski definition) is 1. The average molecular weight is 245 g/mol. The molecule has 0 bridgehead atoms. The molecule has 94 valence electrons. The molecule has 1 atom stereocenters. The molecular formula is C15H16FNO. The molecular weight excluding hydrogens is 229 g/mol. The summed E-state index contributed by atoms with van der Waals surface area (Å²) >= 11 is 0. The van der Waals surface area contributed by atoms with E-state index in [1.165, 1.54) is 12.1 Å². The minimum absolute atomic E-state index is 0.277. The summed E-state index contributed by atoms with van der Waals surface area (Å²) in [5.41, 5.74) is 8.82. The molecule has 1 unspecified atom stereocenters. The molecule has 0 fully saturated rings. The van der Waals surface area contributed by atoms with E-state index in [-0.39, 0.29) is 5.82 Å². The highest BCUT2D eigenvalue weighted by Crippen LogP contribution is 2.29. The summed E-state index contributed by atoms with van der Waals surface area (Å²) in [6.07, 6.45) is 0. The van der Waals surface area contributed by atoms with E-state index in [0.29, 0.717) is 5.75 Å². The second-order valence-corrected chi connectivity index (χ2v) is 4.22. The Bertz CT molecular complexity index is 554. The maximum atomic E-state index is 13.3. The first-order valence-corrected chi connectivity index (χ1v) is 5.78. The van der Waals surface area contributed by atoms with E-state index in [0.717, 1.165) is 16.7 Å². The molecule has 2 nitrogen and oxygen atoms in total. The van der Waals surface area contributed by atoms with Gasteiger partial charge in [-0.15, -0.1) is 0 Å². The second kappa shape index (κ2) is 5.19. The maximum Gasteiger partial charge on any atom is 0.123 e. The van der Waals surface area contributed by atoms with Crippen LogP contribution in [0.4, 0.5) is 4.39 Å². The molecule has 0 saturated carbocycles. The minimum atomic E-state index is -0.392. The van der Waals surface area contributed by atoms with E-state index in [4.69, 9.17) is 10.5 Å². The molecule has 3 heteroatoms. The van der Waals surface area contributed by atoms with Crippen LogP contribution in [-0.2, 0) is 0 Å². The van der Waals surface area contributed by atoms with Crippen LogP contribution in [0.25, 0.3) is 0 Å². The average Bonchev–Trinajstić information content (AvgIpc) is 2.40. The van der Waals surface area contributed by atoms with Crippen molar-refractivity contribution in [2.45, 2.75) is 13.0 Å². The van der Waals surface area contributed by atoms with Crippen LogP contribution in [0.15, 0.2) is 42.5 Å². The fourth-order valence-corrected chi connectivity index (χ4v) is 2.04. The third kappa shape index (κ3) is 2.36. The van der Waals surface area contributed by atoms with Gasteiger partial charge in [-0.2, -0.15) is 0 Å². The Hall–Kier alpha value is -1.87. The van der Waals surface area contributed by atoms with Crippen molar-refractivity contribution in [3.63, 3.8) is 0 Å². The number of benzene rings is 2.